The number of nitrogens with zero attached hydrogens (tertiary/aromatic N) is 2. The van der Waals surface area contributed by atoms with Gasteiger partial charge >= 0.3 is 0 Å². The summed E-state index contributed by atoms with van der Waals surface area (Å²) in [5.41, 5.74) is 2.59. The van der Waals surface area contributed by atoms with E-state index in [1.165, 1.54) is 6.07 Å². The quantitative estimate of drug-likeness (QED) is 0.507. The van der Waals surface area contributed by atoms with E-state index in [2.05, 4.69) is 4.98 Å². The lowest BCUT2D eigenvalue weighted by atomic mass is 10.2. The van der Waals surface area contributed by atoms with Crippen LogP contribution in [0.25, 0.3) is 10.6 Å². The molecule has 0 radical (unpaired) electrons. The summed E-state index contributed by atoms with van der Waals surface area (Å²) in [7, 11) is 0. The molecule has 0 aliphatic heterocycles. The Balaban J connectivity index is 1.68. The Morgan fingerprint density at radius 1 is 1.22 bits per heavy atom. The minimum Gasteiger partial charge on any atom is -0.487 e. The predicted molar refractivity (Wildman–Crippen MR) is 89.7 cm³/mol. The van der Waals surface area contributed by atoms with Crippen LogP contribution < -0.4 is 4.74 Å². The highest BCUT2D eigenvalue weighted by Crippen LogP contribution is 2.26. The van der Waals surface area contributed by atoms with Crippen LogP contribution in [-0.2, 0) is 6.61 Å². The summed E-state index contributed by atoms with van der Waals surface area (Å²) in [6, 6.07) is 14.7. The number of hydrogen-bond donors (Lipinski definition) is 0. The third kappa shape index (κ3) is 3.54. The van der Waals surface area contributed by atoms with Crippen LogP contribution in [0.2, 0.25) is 0 Å². The number of thiazole rings is 1. The maximum absolute atomic E-state index is 10.8. The standard InChI is InChI=1S/C17H14N2O3S/c1-12-9-15(7-8-16(12)19(20)21)22-10-14-11-23-17(18-14)13-5-3-2-4-6-13/h2-9,11H,10H2,1H3. The van der Waals surface area contributed by atoms with Crippen LogP contribution in [0.3, 0.4) is 0 Å². The third-order valence-corrected chi connectivity index (χ3v) is 4.26. The first-order valence-corrected chi connectivity index (χ1v) is 7.89. The van der Waals surface area contributed by atoms with Crippen LogP contribution >= 0.6 is 11.3 Å². The molecule has 6 heteroatoms. The van der Waals surface area contributed by atoms with Crippen LogP contribution in [0, 0.1) is 17.0 Å². The highest BCUT2D eigenvalue weighted by atomic mass is 32.1. The number of aryl methyl sites for hydroxylation is 1. The fraction of sp³-hybridized carbons (Fsp3) is 0.118. The molecule has 0 atom stereocenters. The van der Waals surface area contributed by atoms with Gasteiger partial charge in [0.15, 0.2) is 0 Å². The van der Waals surface area contributed by atoms with Crippen LogP contribution in [-0.4, -0.2) is 9.91 Å². The molecule has 0 N–H and O–H groups in total. The molecule has 116 valence electrons. The van der Waals surface area contributed by atoms with E-state index in [4.69, 9.17) is 4.74 Å². The summed E-state index contributed by atoms with van der Waals surface area (Å²) in [6.07, 6.45) is 0. The van der Waals surface area contributed by atoms with Gasteiger partial charge in [-0.1, -0.05) is 30.3 Å². The minimum atomic E-state index is -0.397. The van der Waals surface area contributed by atoms with Crippen molar-refractivity contribution in [1.29, 1.82) is 0 Å². The topological polar surface area (TPSA) is 65.3 Å². The van der Waals surface area contributed by atoms with Gasteiger partial charge in [0.25, 0.3) is 5.69 Å². The Morgan fingerprint density at radius 2 is 2.00 bits per heavy atom. The van der Waals surface area contributed by atoms with Crippen molar-refractivity contribution in [1.82, 2.24) is 4.98 Å². The number of nitro benzene ring substituents is 1. The van der Waals surface area contributed by atoms with E-state index in [0.717, 1.165) is 16.3 Å². The van der Waals surface area contributed by atoms with Gasteiger partial charge in [-0.15, -0.1) is 11.3 Å². The molecular weight excluding hydrogens is 312 g/mol. The second-order valence-electron chi connectivity index (χ2n) is 5.00. The van der Waals surface area contributed by atoms with E-state index in [9.17, 15) is 10.1 Å². The fourth-order valence-electron chi connectivity index (χ4n) is 2.17. The van der Waals surface area contributed by atoms with Gasteiger partial charge in [-0.25, -0.2) is 4.98 Å². The van der Waals surface area contributed by atoms with Gasteiger partial charge in [0.1, 0.15) is 17.4 Å². The van der Waals surface area contributed by atoms with E-state index in [1.54, 1.807) is 30.4 Å². The molecule has 5 nitrogen and oxygen atoms in total. The summed E-state index contributed by atoms with van der Waals surface area (Å²) in [6.45, 7) is 2.03. The molecule has 0 aliphatic carbocycles. The first-order valence-electron chi connectivity index (χ1n) is 7.01. The Labute approximate surface area is 137 Å². The van der Waals surface area contributed by atoms with Gasteiger partial charge in [0.2, 0.25) is 0 Å². The zero-order chi connectivity index (χ0) is 16.2. The highest BCUT2D eigenvalue weighted by Gasteiger charge is 2.11. The SMILES string of the molecule is Cc1cc(OCc2csc(-c3ccccc3)n2)ccc1[N+](=O)[O-]. The third-order valence-electron chi connectivity index (χ3n) is 3.32. The van der Waals surface area contributed by atoms with Crippen molar-refractivity contribution in [2.75, 3.05) is 0 Å². The lowest BCUT2D eigenvalue weighted by Gasteiger charge is -2.05. The van der Waals surface area contributed by atoms with Gasteiger partial charge in [0.05, 0.1) is 10.6 Å². The number of ether oxygens (including phenoxy) is 1. The summed E-state index contributed by atoms with van der Waals surface area (Å²) in [5, 5.41) is 13.7. The number of benzene rings is 2. The van der Waals surface area contributed by atoms with Crippen LogP contribution in [0.4, 0.5) is 5.69 Å². The molecule has 0 saturated carbocycles. The molecule has 23 heavy (non-hydrogen) atoms. The molecule has 1 aromatic heterocycles. The zero-order valence-corrected chi connectivity index (χ0v) is 13.2. The molecule has 0 saturated heterocycles. The number of rotatable bonds is 5. The summed E-state index contributed by atoms with van der Waals surface area (Å²) in [4.78, 5) is 15.0. The average Bonchev–Trinajstić information content (AvgIpc) is 3.02. The molecule has 2 aromatic carbocycles. The van der Waals surface area contributed by atoms with Crippen molar-refractivity contribution in [3.63, 3.8) is 0 Å². The van der Waals surface area contributed by atoms with Crippen LogP contribution in [0.5, 0.6) is 5.75 Å². The molecule has 0 fully saturated rings. The molecular formula is C17H14N2O3S. The molecule has 3 aromatic rings. The van der Waals surface area contributed by atoms with Crippen molar-refractivity contribution in [3.8, 4) is 16.3 Å². The average molecular weight is 326 g/mol. The lowest BCUT2D eigenvalue weighted by molar-refractivity contribution is -0.385. The highest BCUT2D eigenvalue weighted by molar-refractivity contribution is 7.13. The molecule has 1 heterocycles. The first-order chi connectivity index (χ1) is 11.1. The monoisotopic (exact) mass is 326 g/mol. The molecule has 0 unspecified atom stereocenters. The largest absolute Gasteiger partial charge is 0.487 e. The van der Waals surface area contributed by atoms with Gasteiger partial charge in [0, 0.05) is 22.6 Å². The summed E-state index contributed by atoms with van der Waals surface area (Å²) < 4.78 is 5.68. The normalized spacial score (nSPS) is 10.5. The molecule has 0 aliphatic rings. The lowest BCUT2D eigenvalue weighted by Crippen LogP contribution is -1.97. The van der Waals surface area contributed by atoms with Crippen LogP contribution in [0.1, 0.15) is 11.3 Å². The van der Waals surface area contributed by atoms with Gasteiger partial charge < -0.3 is 4.74 Å². The number of nitro groups is 1. The smallest absolute Gasteiger partial charge is 0.272 e. The van der Waals surface area contributed by atoms with Crippen molar-refractivity contribution in [3.05, 3.63) is 75.3 Å². The Hall–Kier alpha value is -2.73. The van der Waals surface area contributed by atoms with E-state index < -0.39 is 4.92 Å². The molecule has 3 rings (SSSR count). The Morgan fingerprint density at radius 3 is 2.70 bits per heavy atom. The fourth-order valence-corrected chi connectivity index (χ4v) is 2.98. The van der Waals surface area contributed by atoms with Crippen molar-refractivity contribution < 1.29 is 9.66 Å². The van der Waals surface area contributed by atoms with Gasteiger partial charge in [-0.3, -0.25) is 10.1 Å². The maximum atomic E-state index is 10.8. The van der Waals surface area contributed by atoms with E-state index in [-0.39, 0.29) is 5.69 Å². The predicted octanol–water partition coefficient (Wildman–Crippen LogP) is 4.61. The maximum Gasteiger partial charge on any atom is 0.272 e. The number of hydrogen-bond acceptors (Lipinski definition) is 5. The van der Waals surface area contributed by atoms with E-state index >= 15 is 0 Å². The Bertz CT molecular complexity index is 831. The zero-order valence-electron chi connectivity index (χ0n) is 12.4. The first kappa shape index (κ1) is 15.2. The second kappa shape index (κ2) is 6.58. The minimum absolute atomic E-state index is 0.0948. The number of aromatic nitrogens is 1. The van der Waals surface area contributed by atoms with Crippen LogP contribution in [0.15, 0.2) is 53.9 Å². The molecule has 0 amide bonds. The Kier molecular flexibility index (Phi) is 4.34. The van der Waals surface area contributed by atoms with Crippen molar-refractivity contribution in [2.24, 2.45) is 0 Å². The van der Waals surface area contributed by atoms with Crippen molar-refractivity contribution in [2.45, 2.75) is 13.5 Å². The molecule has 0 bridgehead atoms. The van der Waals surface area contributed by atoms with Gasteiger partial charge in [-0.2, -0.15) is 0 Å². The van der Waals surface area contributed by atoms with E-state index in [1.807, 2.05) is 35.7 Å². The van der Waals surface area contributed by atoms with Gasteiger partial charge in [-0.05, 0) is 19.1 Å². The second-order valence-corrected chi connectivity index (χ2v) is 5.86. The summed E-state index contributed by atoms with van der Waals surface area (Å²) >= 11 is 1.57. The summed E-state index contributed by atoms with van der Waals surface area (Å²) in [5.74, 6) is 0.599. The van der Waals surface area contributed by atoms with E-state index in [0.29, 0.717) is 17.9 Å². The molecule has 0 spiro atoms. The van der Waals surface area contributed by atoms with Crippen molar-refractivity contribution >= 4 is 17.0 Å².